The third-order valence-electron chi connectivity index (χ3n) is 3.10. The highest BCUT2D eigenvalue weighted by atomic mass is 15.0. The Morgan fingerprint density at radius 2 is 1.56 bits per heavy atom. The van der Waals surface area contributed by atoms with Crippen molar-refractivity contribution in [2.45, 2.75) is 64.8 Å². The van der Waals surface area contributed by atoms with Gasteiger partial charge in [0.05, 0.1) is 12.4 Å². The van der Waals surface area contributed by atoms with E-state index in [-0.39, 0.29) is 0 Å². The third-order valence-corrected chi connectivity index (χ3v) is 3.10. The smallest absolute Gasteiger partial charge is 0.187 e. The van der Waals surface area contributed by atoms with Crippen LogP contribution in [0.1, 0.15) is 64.8 Å². The predicted octanol–water partition coefficient (Wildman–Crippen LogP) is 3.68. The Morgan fingerprint density at radius 3 is 2.19 bits per heavy atom. The minimum absolute atomic E-state index is 0.675. The van der Waals surface area contributed by atoms with Crippen molar-refractivity contribution in [1.82, 2.24) is 4.98 Å². The van der Waals surface area contributed by atoms with E-state index in [1.165, 1.54) is 44.9 Å². The lowest BCUT2D eigenvalue weighted by molar-refractivity contribution is -0.725. The Balaban J connectivity index is 2.49. The lowest BCUT2D eigenvalue weighted by Crippen LogP contribution is -2.38. The number of unbranched alkanes of at least 4 members (excludes halogenated alkanes) is 3. The van der Waals surface area contributed by atoms with Crippen molar-refractivity contribution in [2.24, 2.45) is 0 Å². The van der Waals surface area contributed by atoms with E-state index >= 15 is 0 Å². The molecule has 0 bridgehead atoms. The summed E-state index contributed by atoms with van der Waals surface area (Å²) in [5.41, 5.74) is 0. The number of hydrogen-bond donors (Lipinski definition) is 0. The van der Waals surface area contributed by atoms with Gasteiger partial charge >= 0.3 is 0 Å². The van der Waals surface area contributed by atoms with E-state index in [1.807, 2.05) is 12.4 Å². The van der Waals surface area contributed by atoms with Crippen molar-refractivity contribution in [3.05, 3.63) is 24.8 Å². The highest BCUT2D eigenvalue weighted by Gasteiger charge is 2.16. The van der Waals surface area contributed by atoms with Crippen molar-refractivity contribution in [3.8, 4) is 0 Å². The molecular weight excluding hydrogens is 196 g/mol. The summed E-state index contributed by atoms with van der Waals surface area (Å²) in [4.78, 5) is 4.08. The molecule has 0 aliphatic carbocycles. The fourth-order valence-electron chi connectivity index (χ4n) is 2.09. The van der Waals surface area contributed by atoms with Gasteiger partial charge in [-0.1, -0.05) is 33.1 Å². The van der Waals surface area contributed by atoms with Crippen LogP contribution in [0.25, 0.3) is 0 Å². The highest BCUT2D eigenvalue weighted by Crippen LogP contribution is 2.16. The van der Waals surface area contributed by atoms with Gasteiger partial charge in [-0.05, 0) is 12.8 Å². The van der Waals surface area contributed by atoms with Crippen LogP contribution in [0.15, 0.2) is 24.8 Å². The minimum atomic E-state index is 0.675. The Bertz CT molecular complexity index is 259. The molecule has 0 N–H and O–H groups in total. The third kappa shape index (κ3) is 4.73. The SMILES string of the molecule is CCCCCC(CCCC)[n+]1ccncc1. The normalized spacial score (nSPS) is 12.6. The maximum atomic E-state index is 4.08. The van der Waals surface area contributed by atoms with Crippen LogP contribution in [0.5, 0.6) is 0 Å². The molecule has 0 fully saturated rings. The maximum Gasteiger partial charge on any atom is 0.187 e. The van der Waals surface area contributed by atoms with Crippen molar-refractivity contribution >= 4 is 0 Å². The summed E-state index contributed by atoms with van der Waals surface area (Å²) >= 11 is 0. The van der Waals surface area contributed by atoms with Gasteiger partial charge in [0.1, 0.15) is 0 Å². The number of hydrogen-bond acceptors (Lipinski definition) is 1. The largest absolute Gasteiger partial charge is 0.252 e. The minimum Gasteiger partial charge on any atom is -0.252 e. The van der Waals surface area contributed by atoms with E-state index in [2.05, 4.69) is 35.8 Å². The van der Waals surface area contributed by atoms with Crippen molar-refractivity contribution in [3.63, 3.8) is 0 Å². The molecule has 0 saturated carbocycles. The van der Waals surface area contributed by atoms with E-state index in [9.17, 15) is 0 Å². The summed E-state index contributed by atoms with van der Waals surface area (Å²) in [7, 11) is 0. The molecule has 90 valence electrons. The average molecular weight is 221 g/mol. The lowest BCUT2D eigenvalue weighted by atomic mass is 10.0. The molecule has 1 aromatic rings. The Hall–Kier alpha value is -0.920. The molecule has 1 aromatic heterocycles. The molecule has 0 aliphatic heterocycles. The van der Waals surface area contributed by atoms with Crippen LogP contribution in [0.2, 0.25) is 0 Å². The molecule has 16 heavy (non-hydrogen) atoms. The second-order valence-electron chi connectivity index (χ2n) is 4.48. The van der Waals surface area contributed by atoms with Gasteiger partial charge < -0.3 is 0 Å². The van der Waals surface area contributed by atoms with E-state index in [4.69, 9.17) is 0 Å². The quantitative estimate of drug-likeness (QED) is 0.483. The lowest BCUT2D eigenvalue weighted by Gasteiger charge is -2.11. The molecule has 0 aromatic carbocycles. The van der Waals surface area contributed by atoms with E-state index in [1.54, 1.807) is 0 Å². The number of rotatable bonds is 8. The zero-order valence-corrected chi connectivity index (χ0v) is 10.7. The van der Waals surface area contributed by atoms with Crippen molar-refractivity contribution in [2.75, 3.05) is 0 Å². The molecular formula is C14H25N2+. The van der Waals surface area contributed by atoms with Crippen LogP contribution >= 0.6 is 0 Å². The Morgan fingerprint density at radius 1 is 0.938 bits per heavy atom. The summed E-state index contributed by atoms with van der Waals surface area (Å²) in [5, 5.41) is 0. The first kappa shape index (κ1) is 13.1. The molecule has 0 spiro atoms. The first-order valence-corrected chi connectivity index (χ1v) is 6.69. The molecule has 1 rings (SSSR count). The van der Waals surface area contributed by atoms with Gasteiger partial charge in [-0.25, -0.2) is 0 Å². The molecule has 1 atom stereocenters. The summed E-state index contributed by atoms with van der Waals surface area (Å²) < 4.78 is 2.33. The molecule has 0 aliphatic rings. The van der Waals surface area contributed by atoms with Gasteiger partial charge in [0, 0.05) is 12.8 Å². The zero-order chi connectivity index (χ0) is 11.6. The summed E-state index contributed by atoms with van der Waals surface area (Å²) in [6.45, 7) is 4.53. The predicted molar refractivity (Wildman–Crippen MR) is 67.1 cm³/mol. The second-order valence-corrected chi connectivity index (χ2v) is 4.48. The van der Waals surface area contributed by atoms with Gasteiger partial charge in [0.15, 0.2) is 18.4 Å². The highest BCUT2D eigenvalue weighted by molar-refractivity contribution is 4.65. The van der Waals surface area contributed by atoms with Gasteiger partial charge in [-0.15, -0.1) is 0 Å². The van der Waals surface area contributed by atoms with Crippen molar-refractivity contribution < 1.29 is 4.57 Å². The van der Waals surface area contributed by atoms with Crippen LogP contribution in [0, 0.1) is 0 Å². The van der Waals surface area contributed by atoms with E-state index in [0.29, 0.717) is 6.04 Å². The fraction of sp³-hybridized carbons (Fsp3) is 0.714. The van der Waals surface area contributed by atoms with Crippen LogP contribution in [0.4, 0.5) is 0 Å². The number of aromatic nitrogens is 2. The van der Waals surface area contributed by atoms with Crippen LogP contribution < -0.4 is 4.57 Å². The first-order chi connectivity index (χ1) is 7.88. The van der Waals surface area contributed by atoms with Gasteiger partial charge in [-0.2, -0.15) is 4.57 Å². The standard InChI is InChI=1S/C14H25N2/c1-3-5-7-9-14(8-6-4-2)16-12-10-15-11-13-16/h10-14H,3-9H2,1-2H3/q+1. The molecule has 0 saturated heterocycles. The molecule has 0 radical (unpaired) electrons. The molecule has 0 amide bonds. The molecule has 2 nitrogen and oxygen atoms in total. The van der Waals surface area contributed by atoms with Crippen LogP contribution in [0.3, 0.4) is 0 Å². The monoisotopic (exact) mass is 221 g/mol. The molecule has 1 heterocycles. The van der Waals surface area contributed by atoms with E-state index < -0.39 is 0 Å². The average Bonchev–Trinajstić information content (AvgIpc) is 2.35. The summed E-state index contributed by atoms with van der Waals surface area (Å²) in [6.07, 6.45) is 17.2. The van der Waals surface area contributed by atoms with Gasteiger partial charge in [0.2, 0.25) is 0 Å². The summed E-state index contributed by atoms with van der Waals surface area (Å²) in [6, 6.07) is 0.675. The van der Waals surface area contributed by atoms with Crippen LogP contribution in [-0.2, 0) is 0 Å². The molecule has 1 unspecified atom stereocenters. The zero-order valence-electron chi connectivity index (χ0n) is 10.7. The fourth-order valence-corrected chi connectivity index (χ4v) is 2.09. The van der Waals surface area contributed by atoms with E-state index in [0.717, 1.165) is 0 Å². The topological polar surface area (TPSA) is 16.8 Å². The maximum absolute atomic E-state index is 4.08. The van der Waals surface area contributed by atoms with Gasteiger partial charge in [-0.3, -0.25) is 4.98 Å². The Labute approximate surface area is 99.7 Å². The number of nitrogens with zero attached hydrogens (tertiary/aromatic N) is 2. The first-order valence-electron chi connectivity index (χ1n) is 6.69. The Kier molecular flexibility index (Phi) is 6.78. The molecule has 2 heteroatoms. The summed E-state index contributed by atoms with van der Waals surface area (Å²) in [5.74, 6) is 0. The van der Waals surface area contributed by atoms with Crippen molar-refractivity contribution in [1.29, 1.82) is 0 Å². The van der Waals surface area contributed by atoms with Gasteiger partial charge in [0.25, 0.3) is 0 Å². The van der Waals surface area contributed by atoms with Crippen LogP contribution in [-0.4, -0.2) is 4.98 Å². The second kappa shape index (κ2) is 8.26.